The van der Waals surface area contributed by atoms with Gasteiger partial charge >= 0.3 is 0 Å². The quantitative estimate of drug-likeness (QED) is 0.191. The molecule has 0 spiro atoms. The maximum Gasteiger partial charge on any atom is 0.147 e. The highest BCUT2D eigenvalue weighted by molar-refractivity contribution is 6.09. The van der Waals surface area contributed by atoms with Gasteiger partial charge in [0, 0.05) is 11.1 Å². The van der Waals surface area contributed by atoms with Crippen molar-refractivity contribution in [3.8, 4) is 22.6 Å². The Morgan fingerprint density at radius 3 is 1.64 bits per heavy atom. The number of ether oxygens (including phenoxy) is 4. The van der Waals surface area contributed by atoms with Gasteiger partial charge in [0.15, 0.2) is 0 Å². The van der Waals surface area contributed by atoms with Crippen LogP contribution >= 0.6 is 0 Å². The minimum atomic E-state index is -0.231. The summed E-state index contributed by atoms with van der Waals surface area (Å²) in [5.41, 5.74) is 2.16. The molecule has 0 amide bonds. The lowest BCUT2D eigenvalue weighted by molar-refractivity contribution is -0.140. The zero-order valence-electron chi connectivity index (χ0n) is 26.3. The highest BCUT2D eigenvalue weighted by Gasteiger charge is 2.28. The molecule has 2 aliphatic carbocycles. The Bertz CT molecular complexity index is 1440. The molecule has 0 unspecified atom stereocenters. The number of fused-ring (bicyclic) bond motifs is 7. The van der Waals surface area contributed by atoms with Gasteiger partial charge < -0.3 is 18.9 Å². The topological polar surface area (TPSA) is 36.9 Å². The number of rotatable bonds is 8. The molecule has 4 heteroatoms. The summed E-state index contributed by atoms with van der Waals surface area (Å²) >= 11 is 0. The maximum absolute atomic E-state index is 6.52. The third kappa shape index (κ3) is 6.62. The molecular formula is C40H48O4. The van der Waals surface area contributed by atoms with E-state index in [-0.39, 0.29) is 12.9 Å². The molecule has 2 fully saturated rings. The molecule has 1 heterocycles. The van der Waals surface area contributed by atoms with Gasteiger partial charge in [-0.2, -0.15) is 0 Å². The summed E-state index contributed by atoms with van der Waals surface area (Å²) in [5, 5.41) is 4.69. The smallest absolute Gasteiger partial charge is 0.147 e. The Morgan fingerprint density at radius 1 is 0.568 bits per heavy atom. The fourth-order valence-electron chi connectivity index (χ4n) is 8.17. The van der Waals surface area contributed by atoms with E-state index in [0.29, 0.717) is 19.3 Å². The van der Waals surface area contributed by atoms with E-state index in [0.717, 1.165) is 64.0 Å². The van der Waals surface area contributed by atoms with Crippen LogP contribution in [0.15, 0.2) is 72.8 Å². The average Bonchev–Trinajstić information content (AvgIpc) is 3.14. The molecule has 0 aromatic heterocycles. The molecular weight excluding hydrogens is 544 g/mol. The molecule has 0 bridgehead atoms. The van der Waals surface area contributed by atoms with Gasteiger partial charge in [-0.15, -0.1) is 0 Å². The molecule has 0 atom stereocenters. The van der Waals surface area contributed by atoms with Crippen molar-refractivity contribution >= 4 is 21.5 Å². The van der Waals surface area contributed by atoms with Gasteiger partial charge in [0.1, 0.15) is 37.6 Å². The van der Waals surface area contributed by atoms with Crippen LogP contribution in [0.2, 0.25) is 0 Å². The van der Waals surface area contributed by atoms with Crippen LogP contribution in [-0.2, 0) is 9.47 Å². The van der Waals surface area contributed by atoms with Gasteiger partial charge in [-0.25, -0.2) is 0 Å². The molecule has 0 radical (unpaired) electrons. The van der Waals surface area contributed by atoms with E-state index in [2.05, 4.69) is 79.7 Å². The van der Waals surface area contributed by atoms with Crippen LogP contribution in [0.1, 0.15) is 77.6 Å². The fraction of sp³-hybridized carbons (Fsp3) is 0.500. The fourth-order valence-corrected chi connectivity index (χ4v) is 8.17. The minimum absolute atomic E-state index is 0.231. The summed E-state index contributed by atoms with van der Waals surface area (Å²) in [6.45, 7) is 3.43. The first kappa shape index (κ1) is 29.6. The number of hydrogen-bond acceptors (Lipinski definition) is 4. The second-order valence-corrected chi connectivity index (χ2v) is 13.6. The number of benzene rings is 4. The molecule has 2 saturated carbocycles. The lowest BCUT2D eigenvalue weighted by Crippen LogP contribution is -2.31. The van der Waals surface area contributed by atoms with Crippen LogP contribution in [0.5, 0.6) is 11.5 Å². The normalized spacial score (nSPS) is 24.4. The predicted molar refractivity (Wildman–Crippen MR) is 179 cm³/mol. The largest absolute Gasteiger partial charge is 0.490 e. The summed E-state index contributed by atoms with van der Waals surface area (Å²) in [7, 11) is 0. The van der Waals surface area contributed by atoms with Crippen molar-refractivity contribution in [1.82, 2.24) is 0 Å². The SMILES string of the molecule is CCCC1CCC(CC2CCC(OCOC3COc4ccc5ccccc5c4-c4c(ccc5ccccc45)OC3)CC2)CC1. The summed E-state index contributed by atoms with van der Waals surface area (Å²) < 4.78 is 25.6. The van der Waals surface area contributed by atoms with Crippen molar-refractivity contribution in [3.05, 3.63) is 72.8 Å². The third-order valence-electron chi connectivity index (χ3n) is 10.6. The van der Waals surface area contributed by atoms with Gasteiger partial charge in [0.25, 0.3) is 0 Å². The molecule has 232 valence electrons. The molecule has 4 aromatic carbocycles. The van der Waals surface area contributed by atoms with Crippen molar-refractivity contribution in [2.45, 2.75) is 89.8 Å². The zero-order valence-corrected chi connectivity index (χ0v) is 26.3. The van der Waals surface area contributed by atoms with Crippen LogP contribution in [0.4, 0.5) is 0 Å². The first-order chi connectivity index (χ1) is 21.7. The van der Waals surface area contributed by atoms with E-state index < -0.39 is 0 Å². The Balaban J connectivity index is 0.976. The molecule has 0 saturated heterocycles. The molecule has 4 nitrogen and oxygen atoms in total. The molecule has 7 rings (SSSR count). The number of hydrogen-bond donors (Lipinski definition) is 0. The Kier molecular flexibility index (Phi) is 9.37. The monoisotopic (exact) mass is 592 g/mol. The van der Waals surface area contributed by atoms with E-state index in [4.69, 9.17) is 18.9 Å². The van der Waals surface area contributed by atoms with E-state index in [1.807, 2.05) is 0 Å². The third-order valence-corrected chi connectivity index (χ3v) is 10.6. The van der Waals surface area contributed by atoms with Gasteiger partial charge in [-0.05, 0) is 83.5 Å². The van der Waals surface area contributed by atoms with Crippen molar-refractivity contribution < 1.29 is 18.9 Å². The second-order valence-electron chi connectivity index (χ2n) is 13.6. The van der Waals surface area contributed by atoms with Crippen molar-refractivity contribution in [2.75, 3.05) is 20.0 Å². The highest BCUT2D eigenvalue weighted by Crippen LogP contribution is 2.46. The van der Waals surface area contributed by atoms with Crippen molar-refractivity contribution in [2.24, 2.45) is 17.8 Å². The maximum atomic E-state index is 6.52. The molecule has 1 aliphatic heterocycles. The Morgan fingerprint density at radius 2 is 1.07 bits per heavy atom. The van der Waals surface area contributed by atoms with Gasteiger partial charge in [0.05, 0.1) is 6.10 Å². The van der Waals surface area contributed by atoms with Crippen LogP contribution in [0, 0.1) is 17.8 Å². The van der Waals surface area contributed by atoms with E-state index in [1.54, 1.807) is 0 Å². The first-order valence-electron chi connectivity index (χ1n) is 17.3. The summed E-state index contributed by atoms with van der Waals surface area (Å²) in [4.78, 5) is 0. The lowest BCUT2D eigenvalue weighted by atomic mass is 9.74. The van der Waals surface area contributed by atoms with Crippen LogP contribution < -0.4 is 9.47 Å². The Hall–Kier alpha value is -3.08. The van der Waals surface area contributed by atoms with Gasteiger partial charge in [-0.3, -0.25) is 0 Å². The highest BCUT2D eigenvalue weighted by atomic mass is 16.7. The zero-order chi connectivity index (χ0) is 29.7. The van der Waals surface area contributed by atoms with Crippen molar-refractivity contribution in [1.29, 1.82) is 0 Å². The van der Waals surface area contributed by atoms with Crippen LogP contribution in [0.3, 0.4) is 0 Å². The first-order valence-corrected chi connectivity index (χ1v) is 17.3. The van der Waals surface area contributed by atoms with Crippen molar-refractivity contribution in [3.63, 3.8) is 0 Å². The molecule has 0 N–H and O–H groups in total. The minimum Gasteiger partial charge on any atom is -0.490 e. The average molecular weight is 593 g/mol. The Labute approximate surface area is 263 Å². The van der Waals surface area contributed by atoms with E-state index in [1.165, 1.54) is 68.6 Å². The lowest BCUT2D eigenvalue weighted by Gasteiger charge is -2.34. The van der Waals surface area contributed by atoms with Crippen LogP contribution in [-0.4, -0.2) is 32.2 Å². The molecule has 3 aliphatic rings. The van der Waals surface area contributed by atoms with Gasteiger partial charge in [-0.1, -0.05) is 106 Å². The van der Waals surface area contributed by atoms with E-state index in [9.17, 15) is 0 Å². The summed E-state index contributed by atoms with van der Waals surface area (Å²) in [6.07, 6.45) is 15.0. The van der Waals surface area contributed by atoms with E-state index >= 15 is 0 Å². The predicted octanol–water partition coefficient (Wildman–Crippen LogP) is 10.3. The summed E-state index contributed by atoms with van der Waals surface area (Å²) in [5.74, 6) is 4.56. The van der Waals surface area contributed by atoms with Crippen LogP contribution in [0.25, 0.3) is 32.7 Å². The van der Waals surface area contributed by atoms with Gasteiger partial charge in [0.2, 0.25) is 0 Å². The second kappa shape index (κ2) is 13.9. The molecule has 4 aromatic rings. The summed E-state index contributed by atoms with van der Waals surface area (Å²) in [6, 6.07) is 25.5. The standard InChI is InChI=1S/C40H48O4/c1-2-7-28-12-14-29(15-13-28)24-30-16-20-33(21-17-30)43-27-44-34-25-41-37-22-18-31-8-3-5-10-35(31)39(37)40-36-11-6-4-9-32(36)19-23-38(40)42-26-34/h3-6,8-11,18-19,22-23,28-30,33-34H,2,7,12-17,20-21,24-27H2,1H3. The molecule has 44 heavy (non-hydrogen) atoms.